The van der Waals surface area contributed by atoms with Gasteiger partial charge in [-0.25, -0.2) is 0 Å². The van der Waals surface area contributed by atoms with Crippen molar-refractivity contribution in [3.63, 3.8) is 0 Å². The van der Waals surface area contributed by atoms with Crippen LogP contribution in [0.15, 0.2) is 0 Å². The minimum Gasteiger partial charge on any atom is -0.465 e. The summed E-state index contributed by atoms with van der Waals surface area (Å²) in [6.07, 6.45) is 2.16. The number of hydrogen-bond acceptors (Lipinski definition) is 5. The first-order valence-electron chi connectivity index (χ1n) is 8.01. The number of carbonyl (C=O) groups excluding carboxylic acids is 2. The molecule has 6 nitrogen and oxygen atoms in total. The highest BCUT2D eigenvalue weighted by molar-refractivity contribution is 5.81. The average molecular weight is 297 g/mol. The zero-order valence-electron chi connectivity index (χ0n) is 13.1. The molecule has 0 aromatic rings. The molecule has 0 spiro atoms. The van der Waals surface area contributed by atoms with Crippen molar-refractivity contribution in [3.8, 4) is 0 Å². The summed E-state index contributed by atoms with van der Waals surface area (Å²) in [7, 11) is 0. The third-order valence-corrected chi connectivity index (χ3v) is 4.39. The second-order valence-corrected chi connectivity index (χ2v) is 6.01. The average Bonchev–Trinajstić information content (AvgIpc) is 2.48. The third-order valence-electron chi connectivity index (χ3n) is 4.39. The standard InChI is InChI=1S/C15H27N3O3/c1-3-21-15(20)13-10-16-6-9-18(13)11-14(19)17-7-4-12(2)5-8-17/h12-13,16H,3-11H2,1-2H3. The number of esters is 1. The fourth-order valence-electron chi connectivity index (χ4n) is 2.94. The monoisotopic (exact) mass is 297 g/mol. The first-order valence-corrected chi connectivity index (χ1v) is 8.01. The van der Waals surface area contributed by atoms with Crippen LogP contribution < -0.4 is 5.32 Å². The minimum atomic E-state index is -0.341. The quantitative estimate of drug-likeness (QED) is 0.745. The lowest BCUT2D eigenvalue weighted by Gasteiger charge is -2.36. The molecular weight excluding hydrogens is 270 g/mol. The van der Waals surface area contributed by atoms with E-state index in [-0.39, 0.29) is 17.9 Å². The molecule has 2 heterocycles. The molecule has 0 aromatic heterocycles. The van der Waals surface area contributed by atoms with Crippen LogP contribution in [0, 0.1) is 5.92 Å². The van der Waals surface area contributed by atoms with E-state index in [0.29, 0.717) is 32.2 Å². The van der Waals surface area contributed by atoms with E-state index in [9.17, 15) is 9.59 Å². The van der Waals surface area contributed by atoms with E-state index in [0.717, 1.165) is 32.5 Å². The Morgan fingerprint density at radius 2 is 1.95 bits per heavy atom. The Labute approximate surface area is 126 Å². The van der Waals surface area contributed by atoms with Gasteiger partial charge in [-0.15, -0.1) is 0 Å². The van der Waals surface area contributed by atoms with Gasteiger partial charge < -0.3 is 15.0 Å². The second kappa shape index (κ2) is 7.75. The Bertz CT molecular complexity index is 367. The number of piperazine rings is 1. The molecule has 120 valence electrons. The Hall–Kier alpha value is -1.14. The number of nitrogens with zero attached hydrogens (tertiary/aromatic N) is 2. The Morgan fingerprint density at radius 3 is 2.62 bits per heavy atom. The minimum absolute atomic E-state index is 0.137. The van der Waals surface area contributed by atoms with Crippen LogP contribution in [0.3, 0.4) is 0 Å². The van der Waals surface area contributed by atoms with E-state index in [2.05, 4.69) is 12.2 Å². The van der Waals surface area contributed by atoms with Crippen molar-refractivity contribution >= 4 is 11.9 Å². The SMILES string of the molecule is CCOC(=O)C1CNCCN1CC(=O)N1CCC(C)CC1. The maximum atomic E-state index is 12.4. The highest BCUT2D eigenvalue weighted by atomic mass is 16.5. The van der Waals surface area contributed by atoms with Crippen molar-refractivity contribution in [2.45, 2.75) is 32.7 Å². The Kier molecular flexibility index (Phi) is 5.99. The van der Waals surface area contributed by atoms with Crippen LogP contribution in [-0.2, 0) is 14.3 Å². The molecule has 0 aromatic carbocycles. The van der Waals surface area contributed by atoms with Gasteiger partial charge in [0, 0.05) is 32.7 Å². The molecule has 2 rings (SSSR count). The zero-order chi connectivity index (χ0) is 15.2. The van der Waals surface area contributed by atoms with E-state index in [4.69, 9.17) is 4.74 Å². The van der Waals surface area contributed by atoms with E-state index < -0.39 is 0 Å². The summed E-state index contributed by atoms with van der Waals surface area (Å²) in [4.78, 5) is 28.3. The van der Waals surface area contributed by atoms with Crippen molar-refractivity contribution in [3.05, 3.63) is 0 Å². The van der Waals surface area contributed by atoms with Gasteiger partial charge in [-0.05, 0) is 25.7 Å². The van der Waals surface area contributed by atoms with Crippen molar-refractivity contribution in [1.29, 1.82) is 0 Å². The summed E-state index contributed by atoms with van der Waals surface area (Å²) in [5, 5.41) is 3.20. The molecule has 2 aliphatic rings. The van der Waals surface area contributed by atoms with Crippen molar-refractivity contribution in [1.82, 2.24) is 15.1 Å². The molecule has 2 aliphatic heterocycles. The van der Waals surface area contributed by atoms with E-state index in [1.807, 2.05) is 9.80 Å². The maximum absolute atomic E-state index is 12.4. The van der Waals surface area contributed by atoms with Gasteiger partial charge in [-0.2, -0.15) is 0 Å². The molecule has 1 unspecified atom stereocenters. The molecule has 21 heavy (non-hydrogen) atoms. The molecule has 1 atom stereocenters. The van der Waals surface area contributed by atoms with Crippen molar-refractivity contribution in [2.24, 2.45) is 5.92 Å². The highest BCUT2D eigenvalue weighted by Crippen LogP contribution is 2.16. The number of piperidine rings is 1. The summed E-state index contributed by atoms with van der Waals surface area (Å²) in [5.41, 5.74) is 0. The molecule has 1 N–H and O–H groups in total. The number of likely N-dealkylation sites (tertiary alicyclic amines) is 1. The smallest absolute Gasteiger partial charge is 0.324 e. The van der Waals surface area contributed by atoms with E-state index in [1.54, 1.807) is 6.92 Å². The number of carbonyl (C=O) groups is 2. The van der Waals surface area contributed by atoms with Crippen LogP contribution in [0.4, 0.5) is 0 Å². The van der Waals surface area contributed by atoms with Crippen molar-refractivity contribution in [2.75, 3.05) is 45.9 Å². The van der Waals surface area contributed by atoms with Crippen LogP contribution in [0.25, 0.3) is 0 Å². The lowest BCUT2D eigenvalue weighted by atomic mass is 9.99. The summed E-state index contributed by atoms with van der Waals surface area (Å²) < 4.78 is 5.11. The number of rotatable bonds is 4. The van der Waals surface area contributed by atoms with Gasteiger partial charge in [-0.3, -0.25) is 14.5 Å². The van der Waals surface area contributed by atoms with Crippen LogP contribution in [-0.4, -0.2) is 73.6 Å². The third kappa shape index (κ3) is 4.41. The Morgan fingerprint density at radius 1 is 1.24 bits per heavy atom. The predicted octanol–water partition coefficient (Wildman–Crippen LogP) is 0.0818. The van der Waals surface area contributed by atoms with Crippen LogP contribution in [0.2, 0.25) is 0 Å². The van der Waals surface area contributed by atoms with Crippen LogP contribution in [0.5, 0.6) is 0 Å². The van der Waals surface area contributed by atoms with Gasteiger partial charge in [0.2, 0.25) is 5.91 Å². The fraction of sp³-hybridized carbons (Fsp3) is 0.867. The van der Waals surface area contributed by atoms with Gasteiger partial charge in [-0.1, -0.05) is 6.92 Å². The lowest BCUT2D eigenvalue weighted by Crippen LogP contribution is -2.58. The van der Waals surface area contributed by atoms with Crippen LogP contribution >= 0.6 is 0 Å². The number of nitrogens with one attached hydrogen (secondary N) is 1. The normalized spacial score (nSPS) is 24.9. The topological polar surface area (TPSA) is 61.9 Å². The first-order chi connectivity index (χ1) is 10.1. The predicted molar refractivity (Wildman–Crippen MR) is 79.8 cm³/mol. The second-order valence-electron chi connectivity index (χ2n) is 6.01. The van der Waals surface area contributed by atoms with Gasteiger partial charge >= 0.3 is 5.97 Å². The molecule has 2 fully saturated rings. The van der Waals surface area contributed by atoms with Gasteiger partial charge in [0.25, 0.3) is 0 Å². The Balaban J connectivity index is 1.89. The largest absolute Gasteiger partial charge is 0.465 e. The molecule has 1 amide bonds. The summed E-state index contributed by atoms with van der Waals surface area (Å²) in [5.74, 6) is 0.614. The van der Waals surface area contributed by atoms with E-state index in [1.165, 1.54) is 0 Å². The molecule has 0 bridgehead atoms. The number of amides is 1. The van der Waals surface area contributed by atoms with Gasteiger partial charge in [0.05, 0.1) is 13.2 Å². The summed E-state index contributed by atoms with van der Waals surface area (Å²) in [6.45, 7) is 8.49. The van der Waals surface area contributed by atoms with Crippen LogP contribution in [0.1, 0.15) is 26.7 Å². The zero-order valence-corrected chi connectivity index (χ0v) is 13.1. The molecule has 0 saturated carbocycles. The maximum Gasteiger partial charge on any atom is 0.324 e. The molecule has 0 aliphatic carbocycles. The van der Waals surface area contributed by atoms with E-state index >= 15 is 0 Å². The van der Waals surface area contributed by atoms with Gasteiger partial charge in [0.15, 0.2) is 0 Å². The summed E-state index contributed by atoms with van der Waals surface area (Å²) in [6, 6.07) is -0.341. The molecule has 0 radical (unpaired) electrons. The molecule has 2 saturated heterocycles. The molecular formula is C15H27N3O3. The fourth-order valence-corrected chi connectivity index (χ4v) is 2.94. The highest BCUT2D eigenvalue weighted by Gasteiger charge is 2.32. The molecule has 6 heteroatoms. The lowest BCUT2D eigenvalue weighted by molar-refractivity contribution is -0.151. The number of ether oxygens (including phenoxy) is 1. The summed E-state index contributed by atoms with van der Waals surface area (Å²) >= 11 is 0. The van der Waals surface area contributed by atoms with Gasteiger partial charge in [0.1, 0.15) is 6.04 Å². The van der Waals surface area contributed by atoms with Crippen molar-refractivity contribution < 1.29 is 14.3 Å². The number of hydrogen-bond donors (Lipinski definition) is 1. The first kappa shape index (κ1) is 16.2.